The first kappa shape index (κ1) is 16.4. The number of nitrogens with zero attached hydrogens (tertiary/aromatic N) is 1. The molecule has 1 fully saturated rings. The van der Waals surface area contributed by atoms with Crippen LogP contribution in [0.4, 0.5) is 0 Å². The van der Waals surface area contributed by atoms with Crippen molar-refractivity contribution in [3.63, 3.8) is 0 Å². The zero-order valence-electron chi connectivity index (χ0n) is 13.1. The van der Waals surface area contributed by atoms with E-state index >= 15 is 0 Å². The molecule has 1 aliphatic rings. The monoisotopic (exact) mass is 270 g/mol. The second kappa shape index (κ2) is 7.85. The van der Waals surface area contributed by atoms with Gasteiger partial charge in [-0.05, 0) is 18.3 Å². The van der Waals surface area contributed by atoms with Crippen LogP contribution >= 0.6 is 0 Å². The standard InChI is InChI=1S/C15H30N2O2/c1-6-8-13-16-14(12(4)7-2)15(18)17(13)9-11(3)10-19-5/h11-14,16H,6-10H2,1-5H3. The summed E-state index contributed by atoms with van der Waals surface area (Å²) >= 11 is 0. The molecule has 1 saturated heterocycles. The molecule has 1 amide bonds. The lowest BCUT2D eigenvalue weighted by molar-refractivity contribution is -0.131. The molecule has 4 unspecified atom stereocenters. The van der Waals surface area contributed by atoms with Gasteiger partial charge in [-0.2, -0.15) is 0 Å². The SMILES string of the molecule is CCCC1NC(C(C)CC)C(=O)N1CC(C)COC. The highest BCUT2D eigenvalue weighted by molar-refractivity contribution is 5.84. The first-order valence-electron chi connectivity index (χ1n) is 7.60. The first-order valence-corrected chi connectivity index (χ1v) is 7.60. The second-order valence-corrected chi connectivity index (χ2v) is 5.89. The van der Waals surface area contributed by atoms with E-state index in [0.29, 0.717) is 18.4 Å². The summed E-state index contributed by atoms with van der Waals surface area (Å²) in [6.45, 7) is 10.1. The molecule has 112 valence electrons. The number of methoxy groups -OCH3 is 1. The summed E-state index contributed by atoms with van der Waals surface area (Å²) in [5, 5.41) is 3.53. The van der Waals surface area contributed by atoms with Crippen LogP contribution in [0.2, 0.25) is 0 Å². The Balaban J connectivity index is 2.71. The van der Waals surface area contributed by atoms with E-state index in [-0.39, 0.29) is 18.1 Å². The number of hydrogen-bond donors (Lipinski definition) is 1. The van der Waals surface area contributed by atoms with Gasteiger partial charge in [0.1, 0.15) is 0 Å². The Labute approximate surface area is 117 Å². The van der Waals surface area contributed by atoms with Crippen LogP contribution in [0.5, 0.6) is 0 Å². The molecule has 19 heavy (non-hydrogen) atoms. The third-order valence-corrected chi connectivity index (χ3v) is 4.03. The van der Waals surface area contributed by atoms with Crippen LogP contribution in [0.3, 0.4) is 0 Å². The molecular formula is C15H30N2O2. The van der Waals surface area contributed by atoms with Crippen molar-refractivity contribution in [3.05, 3.63) is 0 Å². The fourth-order valence-corrected chi connectivity index (χ4v) is 2.75. The van der Waals surface area contributed by atoms with Crippen molar-refractivity contribution in [1.82, 2.24) is 10.2 Å². The Morgan fingerprint density at radius 3 is 2.58 bits per heavy atom. The molecule has 4 heteroatoms. The summed E-state index contributed by atoms with van der Waals surface area (Å²) in [5.74, 6) is 1.05. The summed E-state index contributed by atoms with van der Waals surface area (Å²) in [5.41, 5.74) is 0. The molecule has 4 atom stereocenters. The molecule has 1 rings (SSSR count). The van der Waals surface area contributed by atoms with E-state index in [1.54, 1.807) is 7.11 Å². The predicted molar refractivity (Wildman–Crippen MR) is 77.8 cm³/mol. The largest absolute Gasteiger partial charge is 0.384 e. The van der Waals surface area contributed by atoms with E-state index in [1.165, 1.54) is 0 Å². The molecular weight excluding hydrogens is 240 g/mol. The highest BCUT2D eigenvalue weighted by atomic mass is 16.5. The van der Waals surface area contributed by atoms with Gasteiger partial charge in [-0.15, -0.1) is 0 Å². The van der Waals surface area contributed by atoms with Crippen LogP contribution in [0, 0.1) is 11.8 Å². The van der Waals surface area contributed by atoms with Crippen LogP contribution in [-0.4, -0.2) is 43.3 Å². The number of ether oxygens (including phenoxy) is 1. The minimum atomic E-state index is -0.00343. The number of carbonyl (C=O) groups is 1. The number of hydrogen-bond acceptors (Lipinski definition) is 3. The minimum Gasteiger partial charge on any atom is -0.384 e. The van der Waals surface area contributed by atoms with Gasteiger partial charge < -0.3 is 9.64 Å². The van der Waals surface area contributed by atoms with Crippen molar-refractivity contribution in [2.45, 2.75) is 59.2 Å². The maximum Gasteiger partial charge on any atom is 0.241 e. The van der Waals surface area contributed by atoms with Crippen molar-refractivity contribution < 1.29 is 9.53 Å². The molecule has 0 bridgehead atoms. The summed E-state index contributed by atoms with van der Waals surface area (Å²) < 4.78 is 5.18. The molecule has 0 spiro atoms. The third kappa shape index (κ3) is 4.18. The number of nitrogens with one attached hydrogen (secondary N) is 1. The zero-order chi connectivity index (χ0) is 14.4. The quantitative estimate of drug-likeness (QED) is 0.735. The topological polar surface area (TPSA) is 41.6 Å². The molecule has 1 aliphatic heterocycles. The van der Waals surface area contributed by atoms with E-state index in [2.05, 4.69) is 33.0 Å². The zero-order valence-corrected chi connectivity index (χ0v) is 13.1. The maximum absolute atomic E-state index is 12.6. The van der Waals surface area contributed by atoms with E-state index < -0.39 is 0 Å². The van der Waals surface area contributed by atoms with Crippen LogP contribution in [0.25, 0.3) is 0 Å². The Bertz CT molecular complexity index is 283. The summed E-state index contributed by atoms with van der Waals surface area (Å²) in [6, 6.07) is -0.00343. The Kier molecular flexibility index (Phi) is 6.80. The number of amides is 1. The number of carbonyl (C=O) groups excluding carboxylic acids is 1. The molecule has 0 aromatic rings. The minimum absolute atomic E-state index is 0.00343. The highest BCUT2D eigenvalue weighted by Crippen LogP contribution is 2.22. The molecule has 0 radical (unpaired) electrons. The molecule has 0 saturated carbocycles. The molecule has 4 nitrogen and oxygen atoms in total. The Hall–Kier alpha value is -0.610. The van der Waals surface area contributed by atoms with E-state index in [1.807, 2.05) is 4.90 Å². The van der Waals surface area contributed by atoms with Crippen molar-refractivity contribution in [1.29, 1.82) is 0 Å². The third-order valence-electron chi connectivity index (χ3n) is 4.03. The molecule has 0 aliphatic carbocycles. The van der Waals surface area contributed by atoms with Gasteiger partial charge in [0.2, 0.25) is 5.91 Å². The van der Waals surface area contributed by atoms with Gasteiger partial charge >= 0.3 is 0 Å². The van der Waals surface area contributed by atoms with E-state index in [0.717, 1.165) is 25.8 Å². The molecule has 1 N–H and O–H groups in total. The average molecular weight is 270 g/mol. The molecule has 1 heterocycles. The van der Waals surface area contributed by atoms with E-state index in [4.69, 9.17) is 4.74 Å². The van der Waals surface area contributed by atoms with Gasteiger partial charge in [0.15, 0.2) is 0 Å². The second-order valence-electron chi connectivity index (χ2n) is 5.89. The molecule has 0 aromatic heterocycles. The molecule has 0 aromatic carbocycles. The lowest BCUT2D eigenvalue weighted by Crippen LogP contribution is -2.40. The van der Waals surface area contributed by atoms with Gasteiger partial charge in [-0.1, -0.05) is 40.5 Å². The average Bonchev–Trinajstić information content (AvgIpc) is 2.67. The predicted octanol–water partition coefficient (Wildman–Crippen LogP) is 2.24. The normalized spacial score (nSPS) is 26.8. The lowest BCUT2D eigenvalue weighted by Gasteiger charge is -2.26. The van der Waals surface area contributed by atoms with Crippen molar-refractivity contribution >= 4 is 5.91 Å². The Morgan fingerprint density at radius 1 is 1.37 bits per heavy atom. The van der Waals surface area contributed by atoms with Crippen LogP contribution in [-0.2, 0) is 9.53 Å². The van der Waals surface area contributed by atoms with Gasteiger partial charge in [-0.3, -0.25) is 10.1 Å². The fourth-order valence-electron chi connectivity index (χ4n) is 2.75. The van der Waals surface area contributed by atoms with Gasteiger partial charge in [0.25, 0.3) is 0 Å². The van der Waals surface area contributed by atoms with Gasteiger partial charge in [-0.25, -0.2) is 0 Å². The fraction of sp³-hybridized carbons (Fsp3) is 0.933. The van der Waals surface area contributed by atoms with Crippen molar-refractivity contribution in [2.75, 3.05) is 20.3 Å². The van der Waals surface area contributed by atoms with Crippen molar-refractivity contribution in [3.8, 4) is 0 Å². The maximum atomic E-state index is 12.6. The highest BCUT2D eigenvalue weighted by Gasteiger charge is 2.40. The first-order chi connectivity index (χ1) is 9.04. The van der Waals surface area contributed by atoms with Crippen LogP contribution < -0.4 is 5.32 Å². The van der Waals surface area contributed by atoms with Gasteiger partial charge in [0, 0.05) is 13.7 Å². The Morgan fingerprint density at radius 2 is 2.05 bits per heavy atom. The smallest absolute Gasteiger partial charge is 0.241 e. The summed E-state index contributed by atoms with van der Waals surface area (Å²) in [4.78, 5) is 14.6. The lowest BCUT2D eigenvalue weighted by atomic mass is 9.99. The van der Waals surface area contributed by atoms with E-state index in [9.17, 15) is 4.79 Å². The van der Waals surface area contributed by atoms with Crippen LogP contribution in [0.1, 0.15) is 47.0 Å². The number of rotatable bonds is 8. The summed E-state index contributed by atoms with van der Waals surface area (Å²) in [7, 11) is 1.71. The van der Waals surface area contributed by atoms with Crippen LogP contribution in [0.15, 0.2) is 0 Å². The van der Waals surface area contributed by atoms with Gasteiger partial charge in [0.05, 0.1) is 18.8 Å². The van der Waals surface area contributed by atoms with Crippen molar-refractivity contribution in [2.24, 2.45) is 11.8 Å². The summed E-state index contributed by atoms with van der Waals surface area (Å²) in [6.07, 6.45) is 3.35.